The number of carbonyl (C=O) groups excluding carboxylic acids is 1. The van der Waals surface area contributed by atoms with Gasteiger partial charge in [0.25, 0.3) is 0 Å². The third-order valence-electron chi connectivity index (χ3n) is 2.96. The molecule has 0 bridgehead atoms. The average Bonchev–Trinajstić information content (AvgIpc) is 2.18. The van der Waals surface area contributed by atoms with Crippen LogP contribution in [0, 0.1) is 5.92 Å². The zero-order valence-corrected chi connectivity index (χ0v) is 12.1. The summed E-state index contributed by atoms with van der Waals surface area (Å²) in [5.41, 5.74) is 5.15. The van der Waals surface area contributed by atoms with E-state index in [4.69, 9.17) is 10.5 Å². The van der Waals surface area contributed by atoms with Gasteiger partial charge in [0.2, 0.25) is 0 Å². The Balaban J connectivity index is 2.40. The minimum absolute atomic E-state index is 0.130. The van der Waals surface area contributed by atoms with Crippen LogP contribution in [0.3, 0.4) is 0 Å². The van der Waals surface area contributed by atoms with Crippen LogP contribution in [0.5, 0.6) is 0 Å². The minimum Gasteiger partial charge on any atom is -0.462 e. The quantitative estimate of drug-likeness (QED) is 0.596. The topological polar surface area (TPSA) is 86.5 Å². The minimum atomic E-state index is -3.58. The first-order valence-electron chi connectivity index (χ1n) is 5.96. The largest absolute Gasteiger partial charge is 0.462 e. The van der Waals surface area contributed by atoms with Crippen LogP contribution < -0.4 is 5.73 Å². The van der Waals surface area contributed by atoms with Crippen molar-refractivity contribution in [2.45, 2.75) is 38.7 Å². The Morgan fingerprint density at radius 3 is 2.33 bits per heavy atom. The molecule has 1 aliphatic rings. The van der Waals surface area contributed by atoms with Crippen LogP contribution in [-0.2, 0) is 19.4 Å². The van der Waals surface area contributed by atoms with Crippen LogP contribution in [0.25, 0.3) is 0 Å². The van der Waals surface area contributed by atoms with Crippen LogP contribution in [0.1, 0.15) is 32.6 Å². The van der Waals surface area contributed by atoms with E-state index in [-0.39, 0.29) is 11.1 Å². The monoisotopic (exact) mass is 293 g/mol. The van der Waals surface area contributed by atoms with Gasteiger partial charge in [-0.15, -0.1) is 0 Å². The molecule has 1 fully saturated rings. The molecule has 2 N–H and O–H groups in total. The molecule has 0 atom stereocenters. The molecule has 1 saturated carbocycles. The fourth-order valence-corrected chi connectivity index (χ4v) is 3.52. The van der Waals surface area contributed by atoms with E-state index in [1.807, 2.05) is 0 Å². The molecule has 0 unspecified atom stereocenters. The summed E-state index contributed by atoms with van der Waals surface area (Å²) >= 11 is 4.52. The van der Waals surface area contributed by atoms with E-state index >= 15 is 0 Å². The Labute approximate surface area is 113 Å². The Morgan fingerprint density at radius 2 is 1.83 bits per heavy atom. The molecule has 7 heteroatoms. The lowest BCUT2D eigenvalue weighted by atomic mass is 9.89. The third-order valence-corrected chi connectivity index (χ3v) is 4.71. The van der Waals surface area contributed by atoms with E-state index in [2.05, 4.69) is 19.1 Å². The van der Waals surface area contributed by atoms with Gasteiger partial charge >= 0.3 is 5.97 Å². The molecule has 0 heterocycles. The summed E-state index contributed by atoms with van der Waals surface area (Å²) in [6.45, 7) is 2.16. The van der Waals surface area contributed by atoms with E-state index < -0.39 is 27.3 Å². The van der Waals surface area contributed by atoms with Gasteiger partial charge in [-0.25, -0.2) is 8.42 Å². The zero-order chi connectivity index (χ0) is 13.8. The van der Waals surface area contributed by atoms with Crippen LogP contribution in [0.2, 0.25) is 0 Å². The lowest BCUT2D eigenvalue weighted by molar-refractivity contribution is -0.147. The maximum atomic E-state index is 11.5. The number of sulfone groups is 1. The molecule has 0 saturated heterocycles. The van der Waals surface area contributed by atoms with Gasteiger partial charge in [-0.3, -0.25) is 4.79 Å². The molecule has 0 spiro atoms. The SMILES string of the molecule is CC1CCC(OC(=O)CS(=O)(=O)CC(N)=S)CC1. The summed E-state index contributed by atoms with van der Waals surface area (Å²) in [5, 5.41) is 0. The predicted octanol–water partition coefficient (Wildman–Crippen LogP) is 0.809. The summed E-state index contributed by atoms with van der Waals surface area (Å²) in [5.74, 6) is -1.14. The van der Waals surface area contributed by atoms with Gasteiger partial charge in [-0.1, -0.05) is 19.1 Å². The first kappa shape index (κ1) is 15.4. The smallest absolute Gasteiger partial charge is 0.321 e. The maximum absolute atomic E-state index is 11.5. The van der Waals surface area contributed by atoms with Crippen molar-refractivity contribution >= 4 is 33.0 Å². The number of carbonyl (C=O) groups is 1. The van der Waals surface area contributed by atoms with E-state index in [1.165, 1.54) is 0 Å². The fourth-order valence-electron chi connectivity index (χ4n) is 2.01. The Hall–Kier alpha value is -0.690. The molecule has 0 radical (unpaired) electrons. The maximum Gasteiger partial charge on any atom is 0.321 e. The van der Waals surface area contributed by atoms with Gasteiger partial charge in [-0.05, 0) is 31.6 Å². The van der Waals surface area contributed by atoms with E-state index in [0.717, 1.165) is 25.7 Å². The lowest BCUT2D eigenvalue weighted by Gasteiger charge is -2.25. The van der Waals surface area contributed by atoms with Crippen LogP contribution in [-0.4, -0.2) is 37.0 Å². The first-order chi connectivity index (χ1) is 8.28. The summed E-state index contributed by atoms with van der Waals surface area (Å²) in [4.78, 5) is 11.4. The molecule has 5 nitrogen and oxygen atoms in total. The van der Waals surface area contributed by atoms with Crippen molar-refractivity contribution in [3.8, 4) is 0 Å². The molecule has 0 aromatic heterocycles. The third kappa shape index (κ3) is 5.77. The highest BCUT2D eigenvalue weighted by atomic mass is 32.2. The van der Waals surface area contributed by atoms with Crippen LogP contribution in [0.4, 0.5) is 0 Å². The summed E-state index contributed by atoms with van der Waals surface area (Å²) < 4.78 is 28.1. The number of nitrogens with two attached hydrogens (primary N) is 1. The van der Waals surface area contributed by atoms with Gasteiger partial charge in [0.1, 0.15) is 17.6 Å². The van der Waals surface area contributed by atoms with Gasteiger partial charge < -0.3 is 10.5 Å². The van der Waals surface area contributed by atoms with Gasteiger partial charge in [0.05, 0.1) is 4.99 Å². The second-order valence-electron chi connectivity index (χ2n) is 4.87. The number of ether oxygens (including phenoxy) is 1. The summed E-state index contributed by atoms with van der Waals surface area (Å²) in [6.07, 6.45) is 3.49. The molecule has 0 amide bonds. The molecule has 18 heavy (non-hydrogen) atoms. The number of esters is 1. The normalized spacial score (nSPS) is 24.5. The number of hydrogen-bond acceptors (Lipinski definition) is 5. The Kier molecular flexibility index (Phi) is 5.52. The Bertz CT molecular complexity index is 411. The summed E-state index contributed by atoms with van der Waals surface area (Å²) in [7, 11) is -3.58. The predicted molar refractivity (Wildman–Crippen MR) is 73.0 cm³/mol. The molecule has 0 aliphatic heterocycles. The molecule has 104 valence electrons. The highest BCUT2D eigenvalue weighted by Crippen LogP contribution is 2.25. The molecular weight excluding hydrogens is 274 g/mol. The molecule has 1 aliphatic carbocycles. The second-order valence-corrected chi connectivity index (χ2v) is 7.46. The van der Waals surface area contributed by atoms with Crippen LogP contribution >= 0.6 is 12.2 Å². The second kappa shape index (κ2) is 6.47. The van der Waals surface area contributed by atoms with E-state index in [9.17, 15) is 13.2 Å². The number of rotatable bonds is 5. The fraction of sp³-hybridized carbons (Fsp3) is 0.818. The van der Waals surface area contributed by atoms with Crippen molar-refractivity contribution in [2.24, 2.45) is 11.7 Å². The molecule has 0 aromatic rings. The van der Waals surface area contributed by atoms with Crippen LogP contribution in [0.15, 0.2) is 0 Å². The first-order valence-corrected chi connectivity index (χ1v) is 8.19. The highest BCUT2D eigenvalue weighted by molar-refractivity contribution is 7.94. The van der Waals surface area contributed by atoms with Crippen molar-refractivity contribution in [3.05, 3.63) is 0 Å². The van der Waals surface area contributed by atoms with Crippen molar-refractivity contribution in [3.63, 3.8) is 0 Å². The van der Waals surface area contributed by atoms with E-state index in [0.29, 0.717) is 5.92 Å². The zero-order valence-electron chi connectivity index (χ0n) is 10.4. The average molecular weight is 293 g/mol. The van der Waals surface area contributed by atoms with Crippen molar-refractivity contribution in [2.75, 3.05) is 11.5 Å². The van der Waals surface area contributed by atoms with Gasteiger partial charge in [0.15, 0.2) is 9.84 Å². The Morgan fingerprint density at radius 1 is 1.28 bits per heavy atom. The summed E-state index contributed by atoms with van der Waals surface area (Å²) in [6, 6.07) is 0. The molecule has 0 aromatic carbocycles. The molecular formula is C11H19NO4S2. The van der Waals surface area contributed by atoms with Crippen molar-refractivity contribution in [1.82, 2.24) is 0 Å². The van der Waals surface area contributed by atoms with E-state index in [1.54, 1.807) is 0 Å². The van der Waals surface area contributed by atoms with Gasteiger partial charge in [0, 0.05) is 0 Å². The number of thiocarbonyl (C=S) groups is 1. The highest BCUT2D eigenvalue weighted by Gasteiger charge is 2.24. The van der Waals surface area contributed by atoms with Gasteiger partial charge in [-0.2, -0.15) is 0 Å². The van der Waals surface area contributed by atoms with Crippen molar-refractivity contribution < 1.29 is 17.9 Å². The van der Waals surface area contributed by atoms with Crippen molar-refractivity contribution in [1.29, 1.82) is 0 Å². The number of hydrogen-bond donors (Lipinski definition) is 1. The molecule has 1 rings (SSSR count). The lowest BCUT2D eigenvalue weighted by Crippen LogP contribution is -2.31. The standard InChI is InChI=1S/C11H19NO4S2/c1-8-2-4-9(5-3-8)16-11(13)7-18(14,15)6-10(12)17/h8-9H,2-7H2,1H3,(H2,12,17).